The van der Waals surface area contributed by atoms with Gasteiger partial charge in [-0.05, 0) is 19.1 Å². The Morgan fingerprint density at radius 2 is 2.05 bits per heavy atom. The van der Waals surface area contributed by atoms with Gasteiger partial charge in [-0.2, -0.15) is 4.39 Å². The number of anilines is 1. The van der Waals surface area contributed by atoms with Crippen LogP contribution in [-0.2, 0) is 10.0 Å². The number of hydrogen-bond acceptors (Lipinski definition) is 5. The molecule has 9 heteroatoms. The minimum atomic E-state index is -3.31. The monoisotopic (exact) mass is 291 g/mol. The molecular formula is C10H14FN3O4S. The Labute approximate surface area is 110 Å². The lowest BCUT2D eigenvalue weighted by molar-refractivity contribution is -0.386. The molecule has 1 aromatic carbocycles. The molecule has 0 amide bonds. The summed E-state index contributed by atoms with van der Waals surface area (Å²) < 4.78 is 37.8. The van der Waals surface area contributed by atoms with E-state index in [2.05, 4.69) is 10.0 Å². The van der Waals surface area contributed by atoms with Gasteiger partial charge in [0.1, 0.15) is 5.69 Å². The fraction of sp³-hybridized carbons (Fsp3) is 0.400. The fourth-order valence-electron chi connectivity index (χ4n) is 1.35. The Balaban J connectivity index is 2.64. The maximum atomic E-state index is 13.3. The number of sulfonamides is 1. The van der Waals surface area contributed by atoms with Crippen LogP contribution in [0.25, 0.3) is 0 Å². The number of nitro groups is 1. The minimum Gasteiger partial charge on any atom is -0.378 e. The standard InChI is InChI=1S/C10H14FN3O4S/c1-2-19(17,18)13-7-6-12-9-5-3-4-8(11)10(9)14(15)16/h3-5,12-13H,2,6-7H2,1H3. The van der Waals surface area contributed by atoms with E-state index in [0.29, 0.717) is 0 Å². The molecule has 0 unspecified atom stereocenters. The average Bonchev–Trinajstić information content (AvgIpc) is 2.34. The van der Waals surface area contributed by atoms with Crippen molar-refractivity contribution in [2.24, 2.45) is 0 Å². The lowest BCUT2D eigenvalue weighted by Gasteiger charge is -2.08. The van der Waals surface area contributed by atoms with Crippen LogP contribution >= 0.6 is 0 Å². The highest BCUT2D eigenvalue weighted by Crippen LogP contribution is 2.26. The first-order valence-electron chi connectivity index (χ1n) is 5.51. The van der Waals surface area contributed by atoms with Crippen molar-refractivity contribution in [1.29, 1.82) is 0 Å². The first-order valence-corrected chi connectivity index (χ1v) is 7.16. The van der Waals surface area contributed by atoms with Gasteiger partial charge in [0.25, 0.3) is 0 Å². The lowest BCUT2D eigenvalue weighted by atomic mass is 10.2. The molecule has 0 aromatic heterocycles. The van der Waals surface area contributed by atoms with Gasteiger partial charge in [-0.15, -0.1) is 0 Å². The molecule has 0 spiro atoms. The molecule has 0 atom stereocenters. The van der Waals surface area contributed by atoms with Gasteiger partial charge in [-0.25, -0.2) is 13.1 Å². The molecule has 1 aromatic rings. The zero-order valence-electron chi connectivity index (χ0n) is 10.2. The van der Waals surface area contributed by atoms with Crippen molar-refractivity contribution in [1.82, 2.24) is 4.72 Å². The third-order valence-corrected chi connectivity index (χ3v) is 3.72. The number of nitrogens with zero attached hydrogens (tertiary/aromatic N) is 1. The predicted molar refractivity (Wildman–Crippen MR) is 69.0 cm³/mol. The SMILES string of the molecule is CCS(=O)(=O)NCCNc1cccc(F)c1[N+](=O)[O-]. The van der Waals surface area contributed by atoms with E-state index in [-0.39, 0.29) is 24.5 Å². The van der Waals surface area contributed by atoms with Crippen molar-refractivity contribution in [2.45, 2.75) is 6.92 Å². The molecule has 0 aliphatic heterocycles. The molecule has 7 nitrogen and oxygen atoms in total. The second-order valence-corrected chi connectivity index (χ2v) is 5.71. The molecular weight excluding hydrogens is 277 g/mol. The Kier molecular flexibility index (Phi) is 5.19. The average molecular weight is 291 g/mol. The minimum absolute atomic E-state index is 0.0145. The molecule has 19 heavy (non-hydrogen) atoms. The van der Waals surface area contributed by atoms with Gasteiger partial charge in [0.05, 0.1) is 10.7 Å². The summed E-state index contributed by atoms with van der Waals surface area (Å²) in [6.45, 7) is 1.67. The van der Waals surface area contributed by atoms with Crippen molar-refractivity contribution in [3.63, 3.8) is 0 Å². The Hall–Kier alpha value is -1.74. The van der Waals surface area contributed by atoms with E-state index in [1.54, 1.807) is 0 Å². The first-order chi connectivity index (χ1) is 8.87. The van der Waals surface area contributed by atoms with Crippen LogP contribution in [0.2, 0.25) is 0 Å². The molecule has 1 rings (SSSR count). The Morgan fingerprint density at radius 1 is 1.37 bits per heavy atom. The summed E-state index contributed by atoms with van der Waals surface area (Å²) in [6, 6.07) is 3.68. The van der Waals surface area contributed by atoms with Crippen LogP contribution < -0.4 is 10.0 Å². The van der Waals surface area contributed by atoms with Crippen LogP contribution in [0.1, 0.15) is 6.92 Å². The van der Waals surface area contributed by atoms with E-state index in [9.17, 15) is 22.9 Å². The third-order valence-electron chi connectivity index (χ3n) is 2.31. The van der Waals surface area contributed by atoms with Gasteiger partial charge in [0, 0.05) is 13.1 Å². The summed E-state index contributed by atoms with van der Waals surface area (Å²) in [5, 5.41) is 13.3. The van der Waals surface area contributed by atoms with Gasteiger partial charge >= 0.3 is 5.69 Å². The van der Waals surface area contributed by atoms with Gasteiger partial charge in [-0.3, -0.25) is 10.1 Å². The second-order valence-electron chi connectivity index (χ2n) is 3.62. The zero-order valence-corrected chi connectivity index (χ0v) is 11.0. The number of hydrogen-bond donors (Lipinski definition) is 2. The summed E-state index contributed by atoms with van der Waals surface area (Å²) in [5.74, 6) is -0.989. The highest BCUT2D eigenvalue weighted by atomic mass is 32.2. The maximum Gasteiger partial charge on any atom is 0.327 e. The van der Waals surface area contributed by atoms with Crippen molar-refractivity contribution >= 4 is 21.4 Å². The highest BCUT2D eigenvalue weighted by molar-refractivity contribution is 7.89. The zero-order chi connectivity index (χ0) is 14.5. The number of nitrogens with one attached hydrogen (secondary N) is 2. The van der Waals surface area contributed by atoms with Crippen molar-refractivity contribution in [3.05, 3.63) is 34.1 Å². The van der Waals surface area contributed by atoms with Gasteiger partial charge in [-0.1, -0.05) is 6.07 Å². The van der Waals surface area contributed by atoms with Crippen molar-refractivity contribution < 1.29 is 17.7 Å². The normalized spacial score (nSPS) is 11.3. The van der Waals surface area contributed by atoms with E-state index >= 15 is 0 Å². The largest absolute Gasteiger partial charge is 0.378 e. The van der Waals surface area contributed by atoms with Crippen LogP contribution in [0.5, 0.6) is 0 Å². The summed E-state index contributed by atoms with van der Waals surface area (Å²) in [5.41, 5.74) is -0.637. The van der Waals surface area contributed by atoms with Crippen LogP contribution in [0.4, 0.5) is 15.8 Å². The van der Waals surface area contributed by atoms with Gasteiger partial charge in [0.2, 0.25) is 15.8 Å². The number of benzene rings is 1. The van der Waals surface area contributed by atoms with Gasteiger partial charge in [0.15, 0.2) is 0 Å². The third kappa shape index (κ3) is 4.45. The first kappa shape index (κ1) is 15.3. The fourth-order valence-corrected chi connectivity index (χ4v) is 1.97. The van der Waals surface area contributed by atoms with E-state index < -0.39 is 26.5 Å². The Bertz CT molecular complexity index is 562. The highest BCUT2D eigenvalue weighted by Gasteiger charge is 2.19. The molecule has 0 radical (unpaired) electrons. The molecule has 0 aliphatic carbocycles. The van der Waals surface area contributed by atoms with Crippen LogP contribution in [0.3, 0.4) is 0 Å². The predicted octanol–water partition coefficient (Wildman–Crippen LogP) is 1.09. The van der Waals surface area contributed by atoms with Gasteiger partial charge < -0.3 is 5.32 Å². The van der Waals surface area contributed by atoms with E-state index in [4.69, 9.17) is 0 Å². The summed E-state index contributed by atoms with van der Waals surface area (Å²) in [7, 11) is -3.31. The van der Waals surface area contributed by atoms with Crippen LogP contribution in [-0.4, -0.2) is 32.2 Å². The molecule has 0 saturated heterocycles. The van der Waals surface area contributed by atoms with Crippen LogP contribution in [0, 0.1) is 15.9 Å². The maximum absolute atomic E-state index is 13.3. The van der Waals surface area contributed by atoms with E-state index in [0.717, 1.165) is 6.07 Å². The van der Waals surface area contributed by atoms with Crippen molar-refractivity contribution in [3.8, 4) is 0 Å². The number of halogens is 1. The Morgan fingerprint density at radius 3 is 2.63 bits per heavy atom. The lowest BCUT2D eigenvalue weighted by Crippen LogP contribution is -2.30. The summed E-state index contributed by atoms with van der Waals surface area (Å²) in [6.07, 6.45) is 0. The molecule has 0 aliphatic rings. The second kappa shape index (κ2) is 6.43. The number of nitro benzene ring substituents is 1. The molecule has 0 saturated carbocycles. The van der Waals surface area contributed by atoms with Crippen LogP contribution in [0.15, 0.2) is 18.2 Å². The summed E-state index contributed by atoms with van der Waals surface area (Å²) >= 11 is 0. The number of rotatable bonds is 7. The summed E-state index contributed by atoms with van der Waals surface area (Å²) in [4.78, 5) is 9.87. The molecule has 0 fully saturated rings. The smallest absolute Gasteiger partial charge is 0.327 e. The van der Waals surface area contributed by atoms with Crippen molar-refractivity contribution in [2.75, 3.05) is 24.2 Å². The molecule has 0 heterocycles. The molecule has 2 N–H and O–H groups in total. The van der Waals surface area contributed by atoms with E-state index in [1.807, 2.05) is 0 Å². The quantitative estimate of drug-likeness (QED) is 0.445. The molecule has 106 valence electrons. The van der Waals surface area contributed by atoms with E-state index in [1.165, 1.54) is 19.1 Å². The number of para-hydroxylation sites is 1. The topological polar surface area (TPSA) is 101 Å². The molecule has 0 bridgehead atoms.